The van der Waals surface area contributed by atoms with E-state index in [9.17, 15) is 9.59 Å². The first-order valence-electron chi connectivity index (χ1n) is 10.9. The summed E-state index contributed by atoms with van der Waals surface area (Å²) in [7, 11) is 3.48. The molecule has 0 spiro atoms. The van der Waals surface area contributed by atoms with Crippen molar-refractivity contribution < 1.29 is 14.3 Å². The number of nitrogens with zero attached hydrogens (tertiary/aromatic N) is 3. The second kappa shape index (κ2) is 12.9. The maximum atomic E-state index is 12.5. The Bertz CT molecular complexity index is 771. The molecule has 8 nitrogen and oxygen atoms in total. The molecular formula is C23H38IN5O3. The Morgan fingerprint density at radius 1 is 1.12 bits per heavy atom. The molecule has 1 saturated carbocycles. The van der Waals surface area contributed by atoms with Crippen molar-refractivity contribution in [2.75, 3.05) is 33.7 Å². The maximum Gasteiger partial charge on any atom is 0.410 e. The van der Waals surface area contributed by atoms with Crippen LogP contribution in [-0.2, 0) is 11.3 Å². The zero-order valence-electron chi connectivity index (χ0n) is 20.1. The van der Waals surface area contributed by atoms with E-state index in [2.05, 4.69) is 15.6 Å². The average Bonchev–Trinajstić information content (AvgIpc) is 3.52. The van der Waals surface area contributed by atoms with Gasteiger partial charge < -0.3 is 25.2 Å². The number of halogens is 1. The topological polar surface area (TPSA) is 86.3 Å². The lowest BCUT2D eigenvalue weighted by molar-refractivity contribution is 0.0237. The number of benzene rings is 1. The van der Waals surface area contributed by atoms with Crippen LogP contribution in [0.15, 0.2) is 29.3 Å². The van der Waals surface area contributed by atoms with Crippen LogP contribution >= 0.6 is 24.0 Å². The molecule has 0 radical (unpaired) electrons. The molecule has 9 heteroatoms. The monoisotopic (exact) mass is 559 g/mol. The van der Waals surface area contributed by atoms with Crippen molar-refractivity contribution in [3.8, 4) is 0 Å². The number of guanidine groups is 1. The fraction of sp³-hybridized carbons (Fsp3) is 0.609. The molecule has 0 atom stereocenters. The number of nitrogens with one attached hydrogen (secondary N) is 2. The lowest BCUT2D eigenvalue weighted by Gasteiger charge is -2.27. The van der Waals surface area contributed by atoms with Crippen LogP contribution in [0.4, 0.5) is 4.79 Å². The first-order valence-corrected chi connectivity index (χ1v) is 10.9. The van der Waals surface area contributed by atoms with E-state index >= 15 is 0 Å². The van der Waals surface area contributed by atoms with Gasteiger partial charge in [-0.2, -0.15) is 0 Å². The summed E-state index contributed by atoms with van der Waals surface area (Å²) in [4.78, 5) is 32.5. The van der Waals surface area contributed by atoms with Crippen molar-refractivity contribution in [2.24, 2.45) is 4.99 Å². The van der Waals surface area contributed by atoms with Crippen molar-refractivity contribution in [3.63, 3.8) is 0 Å². The molecule has 2 amide bonds. The third-order valence-electron chi connectivity index (χ3n) is 4.63. The molecule has 0 unspecified atom stereocenters. The Kier molecular flexibility index (Phi) is 11.2. The first-order chi connectivity index (χ1) is 14.6. The lowest BCUT2D eigenvalue weighted by atomic mass is 10.1. The summed E-state index contributed by atoms with van der Waals surface area (Å²) in [5, 5.41) is 6.52. The van der Waals surface area contributed by atoms with Crippen molar-refractivity contribution in [2.45, 2.75) is 58.7 Å². The van der Waals surface area contributed by atoms with Gasteiger partial charge in [-0.25, -0.2) is 9.79 Å². The van der Waals surface area contributed by atoms with Crippen LogP contribution < -0.4 is 10.6 Å². The SMILES string of the molecule is CCNC(=NCc1ccc(C(=O)N(C)C)cc1)NCCN(C(=O)OC(C)(C)C)C1CC1.I. The molecule has 1 aliphatic carbocycles. The van der Waals surface area contributed by atoms with Crippen LogP contribution in [0.5, 0.6) is 0 Å². The minimum Gasteiger partial charge on any atom is -0.444 e. The smallest absolute Gasteiger partial charge is 0.410 e. The van der Waals surface area contributed by atoms with Gasteiger partial charge in [-0.15, -0.1) is 24.0 Å². The second-order valence-electron chi connectivity index (χ2n) is 8.92. The quantitative estimate of drug-likeness (QED) is 0.290. The highest BCUT2D eigenvalue weighted by Crippen LogP contribution is 2.28. The maximum absolute atomic E-state index is 12.5. The largest absolute Gasteiger partial charge is 0.444 e. The number of carbonyl (C=O) groups is 2. The summed E-state index contributed by atoms with van der Waals surface area (Å²) in [6.07, 6.45) is 1.80. The third kappa shape index (κ3) is 9.62. The van der Waals surface area contributed by atoms with Crippen LogP contribution in [0, 0.1) is 0 Å². The summed E-state index contributed by atoms with van der Waals surface area (Å²) < 4.78 is 5.54. The van der Waals surface area contributed by atoms with Gasteiger partial charge in [0, 0.05) is 45.3 Å². The number of hydrogen-bond acceptors (Lipinski definition) is 4. The minimum absolute atomic E-state index is 0. The van der Waals surface area contributed by atoms with Crippen LogP contribution in [-0.4, -0.2) is 73.1 Å². The molecule has 1 fully saturated rings. The Morgan fingerprint density at radius 2 is 1.75 bits per heavy atom. The zero-order valence-corrected chi connectivity index (χ0v) is 22.4. The molecule has 2 N–H and O–H groups in total. The molecule has 0 saturated heterocycles. The van der Waals surface area contributed by atoms with Gasteiger partial charge in [-0.3, -0.25) is 4.79 Å². The van der Waals surface area contributed by atoms with Crippen LogP contribution in [0.25, 0.3) is 0 Å². The summed E-state index contributed by atoms with van der Waals surface area (Å²) >= 11 is 0. The Balaban J connectivity index is 0.00000512. The molecule has 1 aromatic carbocycles. The van der Waals surface area contributed by atoms with Gasteiger partial charge in [0.2, 0.25) is 0 Å². The third-order valence-corrected chi connectivity index (χ3v) is 4.63. The van der Waals surface area contributed by atoms with E-state index in [1.165, 1.54) is 0 Å². The summed E-state index contributed by atoms with van der Waals surface area (Å²) in [6, 6.07) is 7.76. The average molecular weight is 559 g/mol. The number of amides is 2. The number of carbonyl (C=O) groups excluding carboxylic acids is 2. The molecule has 0 bridgehead atoms. The fourth-order valence-corrected chi connectivity index (χ4v) is 2.95. The number of rotatable bonds is 8. The van der Waals surface area contributed by atoms with E-state index in [1.54, 1.807) is 19.0 Å². The summed E-state index contributed by atoms with van der Waals surface area (Å²) in [5.41, 5.74) is 1.17. The van der Waals surface area contributed by atoms with Crippen molar-refractivity contribution >= 4 is 41.9 Å². The van der Waals surface area contributed by atoms with E-state index in [4.69, 9.17) is 4.74 Å². The summed E-state index contributed by atoms with van der Waals surface area (Å²) in [5.74, 6) is 0.672. The molecular weight excluding hydrogens is 521 g/mol. The van der Waals surface area contributed by atoms with E-state index in [1.807, 2.05) is 56.9 Å². The molecule has 1 aliphatic rings. The first kappa shape index (κ1) is 28.0. The van der Waals surface area contributed by atoms with Gasteiger partial charge >= 0.3 is 6.09 Å². The standard InChI is InChI=1S/C23H37N5O3.HI/c1-7-24-21(26-16-17-8-10-18(11-9-17)20(29)27(5)6)25-14-15-28(19-12-13-19)22(30)31-23(2,3)4;/h8-11,19H,7,12-16H2,1-6H3,(H2,24,25,26);1H. The molecule has 1 aromatic rings. The zero-order chi connectivity index (χ0) is 23.0. The van der Waals surface area contributed by atoms with E-state index in [0.29, 0.717) is 31.2 Å². The van der Waals surface area contributed by atoms with Gasteiger partial charge in [0.15, 0.2) is 5.96 Å². The van der Waals surface area contributed by atoms with Crippen molar-refractivity contribution in [1.82, 2.24) is 20.4 Å². The van der Waals surface area contributed by atoms with Crippen molar-refractivity contribution in [1.29, 1.82) is 0 Å². The normalized spacial score (nSPS) is 13.6. The molecule has 2 rings (SSSR count). The van der Waals surface area contributed by atoms with Crippen LogP contribution in [0.1, 0.15) is 56.5 Å². The highest BCUT2D eigenvalue weighted by atomic mass is 127. The van der Waals surface area contributed by atoms with Gasteiger partial charge in [-0.1, -0.05) is 12.1 Å². The summed E-state index contributed by atoms with van der Waals surface area (Å²) in [6.45, 7) is 10.0. The molecule has 32 heavy (non-hydrogen) atoms. The van der Waals surface area contributed by atoms with Crippen molar-refractivity contribution in [3.05, 3.63) is 35.4 Å². The van der Waals surface area contributed by atoms with Gasteiger partial charge in [0.05, 0.1) is 6.54 Å². The number of hydrogen-bond donors (Lipinski definition) is 2. The number of aliphatic imine (C=N–C) groups is 1. The van der Waals surface area contributed by atoms with Crippen LogP contribution in [0.3, 0.4) is 0 Å². The van der Waals surface area contributed by atoms with Gasteiger partial charge in [0.25, 0.3) is 5.91 Å². The predicted octanol–water partition coefficient (Wildman–Crippen LogP) is 3.46. The highest BCUT2D eigenvalue weighted by Gasteiger charge is 2.34. The van der Waals surface area contributed by atoms with E-state index in [-0.39, 0.29) is 42.0 Å². The van der Waals surface area contributed by atoms with Gasteiger partial charge in [0.1, 0.15) is 5.60 Å². The molecule has 0 aromatic heterocycles. The Labute approximate surface area is 209 Å². The second-order valence-corrected chi connectivity index (χ2v) is 8.92. The lowest BCUT2D eigenvalue weighted by Crippen LogP contribution is -2.45. The fourth-order valence-electron chi connectivity index (χ4n) is 2.95. The van der Waals surface area contributed by atoms with E-state index < -0.39 is 5.60 Å². The van der Waals surface area contributed by atoms with Gasteiger partial charge in [-0.05, 0) is 58.2 Å². The Morgan fingerprint density at radius 3 is 2.25 bits per heavy atom. The predicted molar refractivity (Wildman–Crippen MR) is 139 cm³/mol. The molecule has 180 valence electrons. The molecule has 0 heterocycles. The van der Waals surface area contributed by atoms with Crippen LogP contribution in [0.2, 0.25) is 0 Å². The molecule has 0 aliphatic heterocycles. The highest BCUT2D eigenvalue weighted by molar-refractivity contribution is 14.0. The minimum atomic E-state index is -0.499. The number of ether oxygens (including phenoxy) is 1. The van der Waals surface area contributed by atoms with E-state index in [0.717, 1.165) is 24.9 Å². The Hall–Kier alpha value is -2.04.